The fourth-order valence-electron chi connectivity index (χ4n) is 2.83. The molecule has 0 saturated heterocycles. The molecule has 0 spiro atoms. The Morgan fingerprint density at radius 3 is 2.61 bits per heavy atom. The molecule has 1 aromatic carbocycles. The number of benzene rings is 1. The molecule has 1 unspecified atom stereocenters. The minimum atomic E-state index is -0.189. The van der Waals surface area contributed by atoms with Crippen LogP contribution in [-0.4, -0.2) is 18.8 Å². The summed E-state index contributed by atoms with van der Waals surface area (Å²) < 4.78 is 5.70. The van der Waals surface area contributed by atoms with Crippen LogP contribution in [0.15, 0.2) is 18.2 Å². The third kappa shape index (κ3) is 2.67. The summed E-state index contributed by atoms with van der Waals surface area (Å²) in [4.78, 5) is 0. The molecular weight excluding hydrogens is 269 g/mol. The van der Waals surface area contributed by atoms with Gasteiger partial charge in [-0.25, -0.2) is 0 Å². The SMILES string of the molecule is COC1(C(N)Cc2cccc(Cl)c2Cl)CCCC1. The van der Waals surface area contributed by atoms with Crippen LogP contribution in [0.4, 0.5) is 0 Å². The van der Waals surface area contributed by atoms with E-state index in [1.807, 2.05) is 12.1 Å². The minimum absolute atomic E-state index is 0.0408. The first-order chi connectivity index (χ1) is 8.59. The van der Waals surface area contributed by atoms with E-state index in [0.717, 1.165) is 18.4 Å². The molecule has 1 aliphatic carbocycles. The predicted molar refractivity (Wildman–Crippen MR) is 76.3 cm³/mol. The Morgan fingerprint density at radius 2 is 2.00 bits per heavy atom. The quantitative estimate of drug-likeness (QED) is 0.914. The molecule has 0 aliphatic heterocycles. The lowest BCUT2D eigenvalue weighted by molar-refractivity contribution is -0.0253. The van der Waals surface area contributed by atoms with Gasteiger partial charge < -0.3 is 10.5 Å². The molecule has 0 radical (unpaired) electrons. The number of nitrogens with two attached hydrogens (primary N) is 1. The molecule has 2 rings (SSSR count). The molecule has 1 aliphatic rings. The molecule has 0 bridgehead atoms. The lowest BCUT2D eigenvalue weighted by Gasteiger charge is -2.34. The molecule has 1 atom stereocenters. The van der Waals surface area contributed by atoms with Gasteiger partial charge in [0.15, 0.2) is 0 Å². The molecule has 2 N–H and O–H groups in total. The highest BCUT2D eigenvalue weighted by Gasteiger charge is 2.39. The van der Waals surface area contributed by atoms with E-state index in [0.29, 0.717) is 16.5 Å². The van der Waals surface area contributed by atoms with E-state index in [-0.39, 0.29) is 11.6 Å². The summed E-state index contributed by atoms with van der Waals surface area (Å²) >= 11 is 12.2. The number of rotatable bonds is 4. The summed E-state index contributed by atoms with van der Waals surface area (Å²) in [5.41, 5.74) is 7.16. The molecule has 1 fully saturated rings. The number of hydrogen-bond acceptors (Lipinski definition) is 2. The van der Waals surface area contributed by atoms with Crippen molar-refractivity contribution in [2.75, 3.05) is 7.11 Å². The van der Waals surface area contributed by atoms with Gasteiger partial charge in [-0.3, -0.25) is 0 Å². The van der Waals surface area contributed by atoms with Gasteiger partial charge in [-0.2, -0.15) is 0 Å². The highest BCUT2D eigenvalue weighted by atomic mass is 35.5. The van der Waals surface area contributed by atoms with E-state index in [1.54, 1.807) is 13.2 Å². The Morgan fingerprint density at radius 1 is 1.33 bits per heavy atom. The first kappa shape index (κ1) is 14.1. The Kier molecular flexibility index (Phi) is 4.54. The maximum atomic E-state index is 6.35. The predicted octanol–water partition coefficient (Wildman–Crippen LogP) is 3.82. The zero-order valence-corrected chi connectivity index (χ0v) is 12.1. The van der Waals surface area contributed by atoms with Gasteiger partial charge >= 0.3 is 0 Å². The molecule has 1 aromatic rings. The Bertz CT molecular complexity index is 416. The Labute approximate surface area is 118 Å². The molecule has 100 valence electrons. The van der Waals surface area contributed by atoms with Crippen LogP contribution in [-0.2, 0) is 11.2 Å². The maximum Gasteiger partial charge on any atom is 0.0832 e. The average molecular weight is 288 g/mol. The van der Waals surface area contributed by atoms with Gasteiger partial charge in [0.2, 0.25) is 0 Å². The molecule has 1 saturated carbocycles. The fraction of sp³-hybridized carbons (Fsp3) is 0.571. The van der Waals surface area contributed by atoms with Crippen molar-refractivity contribution in [3.8, 4) is 0 Å². The Balaban J connectivity index is 2.15. The third-order valence-corrected chi connectivity index (χ3v) is 4.86. The molecule has 18 heavy (non-hydrogen) atoms. The summed E-state index contributed by atoms with van der Waals surface area (Å²) in [6.45, 7) is 0. The molecule has 0 amide bonds. The zero-order chi connectivity index (χ0) is 13.2. The van der Waals surface area contributed by atoms with E-state index in [2.05, 4.69) is 0 Å². The molecule has 4 heteroatoms. The first-order valence-electron chi connectivity index (χ1n) is 6.33. The van der Waals surface area contributed by atoms with Gasteiger partial charge in [0.25, 0.3) is 0 Å². The fourth-order valence-corrected chi connectivity index (χ4v) is 3.23. The van der Waals surface area contributed by atoms with Gasteiger partial charge in [0.1, 0.15) is 0 Å². The van der Waals surface area contributed by atoms with E-state index in [9.17, 15) is 0 Å². The average Bonchev–Trinajstić information content (AvgIpc) is 2.85. The van der Waals surface area contributed by atoms with Crippen LogP contribution in [0.3, 0.4) is 0 Å². The smallest absolute Gasteiger partial charge is 0.0832 e. The second-order valence-electron chi connectivity index (χ2n) is 5.00. The van der Waals surface area contributed by atoms with Crippen molar-refractivity contribution in [3.63, 3.8) is 0 Å². The van der Waals surface area contributed by atoms with Gasteiger partial charge in [0.05, 0.1) is 15.6 Å². The Hall–Kier alpha value is -0.280. The number of ether oxygens (including phenoxy) is 1. The van der Waals surface area contributed by atoms with Crippen molar-refractivity contribution < 1.29 is 4.74 Å². The highest BCUT2D eigenvalue weighted by molar-refractivity contribution is 6.42. The van der Waals surface area contributed by atoms with Crippen molar-refractivity contribution in [3.05, 3.63) is 33.8 Å². The van der Waals surface area contributed by atoms with Crippen LogP contribution in [0.2, 0.25) is 10.0 Å². The van der Waals surface area contributed by atoms with Crippen LogP contribution in [0.1, 0.15) is 31.2 Å². The zero-order valence-electron chi connectivity index (χ0n) is 10.6. The van der Waals surface area contributed by atoms with Crippen LogP contribution >= 0.6 is 23.2 Å². The monoisotopic (exact) mass is 287 g/mol. The van der Waals surface area contributed by atoms with Crippen molar-refractivity contribution in [2.45, 2.75) is 43.7 Å². The second kappa shape index (κ2) is 5.79. The van der Waals surface area contributed by atoms with Crippen LogP contribution in [0, 0.1) is 0 Å². The summed E-state index contributed by atoms with van der Waals surface area (Å²) in [5, 5.41) is 1.19. The van der Waals surface area contributed by atoms with Gasteiger partial charge in [-0.05, 0) is 30.9 Å². The summed E-state index contributed by atoms with van der Waals surface area (Å²) in [5.74, 6) is 0. The number of methoxy groups -OCH3 is 1. The highest BCUT2D eigenvalue weighted by Crippen LogP contribution is 2.37. The van der Waals surface area contributed by atoms with Crippen molar-refractivity contribution >= 4 is 23.2 Å². The third-order valence-electron chi connectivity index (χ3n) is 4.00. The number of hydrogen-bond donors (Lipinski definition) is 1. The van der Waals surface area contributed by atoms with Crippen molar-refractivity contribution in [1.29, 1.82) is 0 Å². The van der Waals surface area contributed by atoms with E-state index >= 15 is 0 Å². The summed E-state index contributed by atoms with van der Waals surface area (Å²) in [6, 6.07) is 5.64. The number of halogens is 2. The van der Waals surface area contributed by atoms with E-state index in [1.165, 1.54) is 12.8 Å². The molecule has 0 heterocycles. The molecular formula is C14H19Cl2NO. The molecule has 2 nitrogen and oxygen atoms in total. The van der Waals surface area contributed by atoms with Crippen LogP contribution in [0.25, 0.3) is 0 Å². The topological polar surface area (TPSA) is 35.2 Å². The van der Waals surface area contributed by atoms with Gasteiger partial charge in [-0.15, -0.1) is 0 Å². The maximum absolute atomic E-state index is 6.35. The largest absolute Gasteiger partial charge is 0.377 e. The van der Waals surface area contributed by atoms with Gasteiger partial charge in [-0.1, -0.05) is 48.2 Å². The van der Waals surface area contributed by atoms with Crippen molar-refractivity contribution in [2.24, 2.45) is 5.73 Å². The lowest BCUT2D eigenvalue weighted by Crippen LogP contribution is -2.48. The lowest BCUT2D eigenvalue weighted by atomic mass is 9.88. The summed E-state index contributed by atoms with van der Waals surface area (Å²) in [6.07, 6.45) is 5.13. The van der Waals surface area contributed by atoms with Gasteiger partial charge in [0, 0.05) is 13.2 Å². The normalized spacial score (nSPS) is 20.0. The summed E-state index contributed by atoms with van der Waals surface area (Å²) in [7, 11) is 1.75. The standard InChI is InChI=1S/C14H19Cl2NO/c1-18-14(7-2-3-8-14)12(17)9-10-5-4-6-11(15)13(10)16/h4-6,12H,2-3,7-9,17H2,1H3. The second-order valence-corrected chi connectivity index (χ2v) is 5.78. The van der Waals surface area contributed by atoms with E-state index < -0.39 is 0 Å². The molecule has 0 aromatic heterocycles. The van der Waals surface area contributed by atoms with E-state index in [4.69, 9.17) is 33.7 Å². The first-order valence-corrected chi connectivity index (χ1v) is 7.08. The van der Waals surface area contributed by atoms with Crippen LogP contribution in [0.5, 0.6) is 0 Å². The van der Waals surface area contributed by atoms with Crippen LogP contribution < -0.4 is 5.73 Å². The minimum Gasteiger partial charge on any atom is -0.377 e. The van der Waals surface area contributed by atoms with Crippen molar-refractivity contribution in [1.82, 2.24) is 0 Å².